The van der Waals surface area contributed by atoms with Crippen LogP contribution in [-0.2, 0) is 17.9 Å². The number of carboxylic acids is 1. The van der Waals surface area contributed by atoms with Gasteiger partial charge in [0.15, 0.2) is 0 Å². The lowest BCUT2D eigenvalue weighted by Crippen LogP contribution is -2.47. The molecule has 90 valence electrons. The summed E-state index contributed by atoms with van der Waals surface area (Å²) in [5.74, 6) is -0.821. The second kappa shape index (κ2) is 4.65. The summed E-state index contributed by atoms with van der Waals surface area (Å²) < 4.78 is 1.83. The zero-order valence-electron chi connectivity index (χ0n) is 10.3. The molecule has 5 heteroatoms. The van der Waals surface area contributed by atoms with E-state index in [0.29, 0.717) is 6.54 Å². The van der Waals surface area contributed by atoms with E-state index in [4.69, 9.17) is 5.11 Å². The highest BCUT2D eigenvalue weighted by Crippen LogP contribution is 2.15. The molecule has 0 fully saturated rings. The lowest BCUT2D eigenvalue weighted by Gasteiger charge is -2.30. The van der Waals surface area contributed by atoms with Gasteiger partial charge in [-0.15, -0.1) is 0 Å². The van der Waals surface area contributed by atoms with Crippen molar-refractivity contribution in [1.29, 1.82) is 0 Å². The molecule has 0 aromatic carbocycles. The molecule has 1 heterocycles. The normalized spacial score (nSPS) is 12.1. The van der Waals surface area contributed by atoms with Gasteiger partial charge in [-0.2, -0.15) is 5.10 Å². The van der Waals surface area contributed by atoms with Crippen LogP contribution in [0.4, 0.5) is 0 Å². The zero-order chi connectivity index (χ0) is 12.3. The van der Waals surface area contributed by atoms with Crippen LogP contribution in [0.25, 0.3) is 0 Å². The molecule has 1 rings (SSSR count). The molecule has 0 spiro atoms. The van der Waals surface area contributed by atoms with Gasteiger partial charge in [-0.25, -0.2) is 0 Å². The number of likely N-dealkylation sites (N-methyl/N-ethyl adjacent to an activating group) is 1. The third-order valence-electron chi connectivity index (χ3n) is 2.91. The number of aromatic nitrogens is 2. The van der Waals surface area contributed by atoms with Crippen LogP contribution in [0.2, 0.25) is 0 Å². The first kappa shape index (κ1) is 12.7. The Hall–Kier alpha value is -1.36. The van der Waals surface area contributed by atoms with Crippen molar-refractivity contribution < 1.29 is 9.90 Å². The van der Waals surface area contributed by atoms with Gasteiger partial charge < -0.3 is 5.11 Å². The second-order valence-electron chi connectivity index (χ2n) is 4.42. The first-order chi connectivity index (χ1) is 7.37. The summed E-state index contributed by atoms with van der Waals surface area (Å²) >= 11 is 0. The number of hydrogen-bond acceptors (Lipinski definition) is 3. The third-order valence-corrected chi connectivity index (χ3v) is 2.91. The number of hydrogen-bond donors (Lipinski definition) is 1. The number of carboxylic acid groups (broad SMARTS) is 1. The zero-order valence-corrected chi connectivity index (χ0v) is 10.3. The molecule has 0 aliphatic carbocycles. The van der Waals surface area contributed by atoms with Crippen molar-refractivity contribution in [2.75, 3.05) is 7.05 Å². The molecule has 0 bridgehead atoms. The van der Waals surface area contributed by atoms with E-state index in [0.717, 1.165) is 12.1 Å². The van der Waals surface area contributed by atoms with E-state index < -0.39 is 11.5 Å². The fourth-order valence-corrected chi connectivity index (χ4v) is 1.30. The molecule has 16 heavy (non-hydrogen) atoms. The molecule has 0 saturated heterocycles. The number of nitrogens with zero attached hydrogens (tertiary/aromatic N) is 3. The SMILES string of the molecule is CCn1cc(CN(C)C(C)(C)C(=O)O)cn1. The van der Waals surface area contributed by atoms with Crippen LogP contribution in [0.1, 0.15) is 26.3 Å². The smallest absolute Gasteiger partial charge is 0.323 e. The van der Waals surface area contributed by atoms with E-state index >= 15 is 0 Å². The standard InChI is InChI=1S/C11H19N3O2/c1-5-14-8-9(6-12-14)7-13(4)11(2,3)10(15)16/h6,8H,5,7H2,1-4H3,(H,15,16). The van der Waals surface area contributed by atoms with Gasteiger partial charge in [0.2, 0.25) is 0 Å². The quantitative estimate of drug-likeness (QED) is 0.818. The van der Waals surface area contributed by atoms with Crippen molar-refractivity contribution in [2.24, 2.45) is 0 Å². The Morgan fingerprint density at radius 1 is 1.62 bits per heavy atom. The van der Waals surface area contributed by atoms with Gasteiger partial charge in [-0.05, 0) is 27.8 Å². The first-order valence-corrected chi connectivity index (χ1v) is 5.34. The van der Waals surface area contributed by atoms with Crippen LogP contribution in [-0.4, -0.2) is 38.3 Å². The van der Waals surface area contributed by atoms with Gasteiger partial charge in [0.1, 0.15) is 5.54 Å². The highest BCUT2D eigenvalue weighted by atomic mass is 16.4. The van der Waals surface area contributed by atoms with E-state index in [2.05, 4.69) is 5.10 Å². The fraction of sp³-hybridized carbons (Fsp3) is 0.636. The number of rotatable bonds is 5. The van der Waals surface area contributed by atoms with Gasteiger partial charge in [0.05, 0.1) is 6.20 Å². The maximum Gasteiger partial charge on any atom is 0.323 e. The minimum atomic E-state index is -0.867. The molecule has 0 aliphatic heterocycles. The molecule has 1 aromatic heterocycles. The van der Waals surface area contributed by atoms with E-state index in [1.54, 1.807) is 32.0 Å². The predicted molar refractivity (Wildman–Crippen MR) is 61.1 cm³/mol. The fourth-order valence-electron chi connectivity index (χ4n) is 1.30. The molecular formula is C11H19N3O2. The van der Waals surface area contributed by atoms with Crippen LogP contribution in [0.5, 0.6) is 0 Å². The monoisotopic (exact) mass is 225 g/mol. The average molecular weight is 225 g/mol. The van der Waals surface area contributed by atoms with Crippen LogP contribution in [0, 0.1) is 0 Å². The highest BCUT2D eigenvalue weighted by Gasteiger charge is 2.31. The lowest BCUT2D eigenvalue weighted by molar-refractivity contribution is -0.148. The number of carbonyl (C=O) groups is 1. The molecule has 1 aromatic rings. The molecule has 0 radical (unpaired) electrons. The maximum absolute atomic E-state index is 11.1. The Morgan fingerprint density at radius 2 is 2.25 bits per heavy atom. The predicted octanol–water partition coefficient (Wildman–Crippen LogP) is 1.20. The topological polar surface area (TPSA) is 58.4 Å². The van der Waals surface area contributed by atoms with Gasteiger partial charge in [0.25, 0.3) is 0 Å². The molecule has 0 amide bonds. The summed E-state index contributed by atoms with van der Waals surface area (Å²) in [6.07, 6.45) is 3.71. The van der Waals surface area contributed by atoms with E-state index in [-0.39, 0.29) is 0 Å². The summed E-state index contributed by atoms with van der Waals surface area (Å²) in [5.41, 5.74) is 0.160. The van der Waals surface area contributed by atoms with E-state index in [1.165, 1.54) is 0 Å². The van der Waals surface area contributed by atoms with E-state index in [9.17, 15) is 4.79 Å². The Labute approximate surface area is 95.7 Å². The summed E-state index contributed by atoms with van der Waals surface area (Å²) in [6, 6.07) is 0. The summed E-state index contributed by atoms with van der Waals surface area (Å²) in [6.45, 7) is 6.81. The van der Waals surface area contributed by atoms with Crippen molar-refractivity contribution in [3.63, 3.8) is 0 Å². The Bertz CT molecular complexity index is 371. The summed E-state index contributed by atoms with van der Waals surface area (Å²) in [5, 5.41) is 13.2. The molecule has 0 atom stereocenters. The lowest BCUT2D eigenvalue weighted by atomic mass is 10.0. The summed E-state index contributed by atoms with van der Waals surface area (Å²) in [7, 11) is 1.80. The number of aryl methyl sites for hydroxylation is 1. The van der Waals surface area contributed by atoms with Crippen LogP contribution < -0.4 is 0 Å². The van der Waals surface area contributed by atoms with Crippen LogP contribution >= 0.6 is 0 Å². The Balaban J connectivity index is 2.70. The Kier molecular flexibility index (Phi) is 3.70. The molecule has 5 nitrogen and oxygen atoms in total. The summed E-state index contributed by atoms with van der Waals surface area (Å²) in [4.78, 5) is 12.8. The molecular weight excluding hydrogens is 206 g/mol. The van der Waals surface area contributed by atoms with Crippen molar-refractivity contribution >= 4 is 5.97 Å². The number of aliphatic carboxylic acids is 1. The second-order valence-corrected chi connectivity index (χ2v) is 4.42. The van der Waals surface area contributed by atoms with Gasteiger partial charge in [0, 0.05) is 24.8 Å². The molecule has 0 aliphatic rings. The van der Waals surface area contributed by atoms with Crippen molar-refractivity contribution in [3.05, 3.63) is 18.0 Å². The van der Waals surface area contributed by atoms with Crippen molar-refractivity contribution in [1.82, 2.24) is 14.7 Å². The third kappa shape index (κ3) is 2.61. The molecule has 0 unspecified atom stereocenters. The van der Waals surface area contributed by atoms with Gasteiger partial charge in [-0.1, -0.05) is 0 Å². The van der Waals surface area contributed by atoms with Crippen molar-refractivity contribution in [2.45, 2.75) is 39.4 Å². The average Bonchev–Trinajstić information content (AvgIpc) is 2.65. The van der Waals surface area contributed by atoms with Crippen LogP contribution in [0.3, 0.4) is 0 Å². The minimum Gasteiger partial charge on any atom is -0.480 e. The Morgan fingerprint density at radius 3 is 2.69 bits per heavy atom. The van der Waals surface area contributed by atoms with Crippen LogP contribution in [0.15, 0.2) is 12.4 Å². The van der Waals surface area contributed by atoms with E-state index in [1.807, 2.05) is 17.8 Å². The maximum atomic E-state index is 11.1. The van der Waals surface area contributed by atoms with Crippen molar-refractivity contribution in [3.8, 4) is 0 Å². The van der Waals surface area contributed by atoms with Gasteiger partial charge >= 0.3 is 5.97 Å². The first-order valence-electron chi connectivity index (χ1n) is 5.34. The molecule has 0 saturated carbocycles. The van der Waals surface area contributed by atoms with Gasteiger partial charge in [-0.3, -0.25) is 14.4 Å². The minimum absolute atomic E-state index is 0.583. The highest BCUT2D eigenvalue weighted by molar-refractivity contribution is 5.77. The molecule has 1 N–H and O–H groups in total. The largest absolute Gasteiger partial charge is 0.480 e.